The fraction of sp³-hybridized carbons (Fsp3) is 0.350. The molecule has 0 saturated carbocycles. The molecule has 1 N–H and O–H groups in total. The lowest BCUT2D eigenvalue weighted by molar-refractivity contribution is 0.1000. The molecule has 1 fully saturated rings. The number of halogens is 1. The second-order valence-electron chi connectivity index (χ2n) is 6.12. The van der Waals surface area contributed by atoms with Gasteiger partial charge in [-0.1, -0.05) is 12.1 Å². The highest BCUT2D eigenvalue weighted by Gasteiger charge is 2.15. The molecule has 1 heterocycles. The highest BCUT2D eigenvalue weighted by atomic mass is 79.9. The van der Waals surface area contributed by atoms with Gasteiger partial charge in [0.2, 0.25) is 0 Å². The lowest BCUT2D eigenvalue weighted by Crippen LogP contribution is -2.17. The molecule has 1 saturated heterocycles. The van der Waals surface area contributed by atoms with Crippen molar-refractivity contribution >= 4 is 39.3 Å². The molecule has 3 rings (SSSR count). The summed E-state index contributed by atoms with van der Waals surface area (Å²) in [7, 11) is 1.59. The van der Waals surface area contributed by atoms with Crippen molar-refractivity contribution in [2.75, 3.05) is 25.6 Å². The van der Waals surface area contributed by atoms with E-state index in [9.17, 15) is 4.79 Å². The summed E-state index contributed by atoms with van der Waals surface area (Å²) in [6.07, 6.45) is 2.23. The molecule has 138 valence electrons. The molecule has 26 heavy (non-hydrogen) atoms. The van der Waals surface area contributed by atoms with Crippen molar-refractivity contribution in [3.8, 4) is 5.75 Å². The summed E-state index contributed by atoms with van der Waals surface area (Å²) in [5.41, 5.74) is 2.56. The van der Waals surface area contributed by atoms with E-state index in [0.29, 0.717) is 16.6 Å². The van der Waals surface area contributed by atoms with Crippen molar-refractivity contribution in [1.82, 2.24) is 0 Å². The largest absolute Gasteiger partial charge is 0.497 e. The predicted octanol–water partition coefficient (Wildman–Crippen LogP) is 5.12. The highest BCUT2D eigenvalue weighted by molar-refractivity contribution is 9.10. The topological polar surface area (TPSA) is 47.6 Å². The smallest absolute Gasteiger partial charge is 0.256 e. The fourth-order valence-electron chi connectivity index (χ4n) is 2.80. The number of thioether (sulfide) groups is 1. The zero-order chi connectivity index (χ0) is 18.4. The molecule has 0 spiro atoms. The lowest BCUT2D eigenvalue weighted by Gasteiger charge is -2.21. The Hall–Kier alpha value is -1.50. The zero-order valence-corrected chi connectivity index (χ0v) is 17.1. The highest BCUT2D eigenvalue weighted by Crippen LogP contribution is 2.27. The summed E-state index contributed by atoms with van der Waals surface area (Å²) >= 11 is 5.39. The van der Waals surface area contributed by atoms with Gasteiger partial charge in [-0.05, 0) is 64.7 Å². The number of amides is 1. The molecule has 0 bridgehead atoms. The van der Waals surface area contributed by atoms with Crippen LogP contribution in [0.5, 0.6) is 5.75 Å². The van der Waals surface area contributed by atoms with Crippen LogP contribution in [0.3, 0.4) is 0 Å². The Morgan fingerprint density at radius 1 is 1.27 bits per heavy atom. The first kappa shape index (κ1) is 19.3. The van der Waals surface area contributed by atoms with E-state index < -0.39 is 0 Å². The lowest BCUT2D eigenvalue weighted by atomic mass is 10.2. The van der Waals surface area contributed by atoms with Crippen molar-refractivity contribution in [1.29, 1.82) is 0 Å². The molecule has 0 radical (unpaired) electrons. The average Bonchev–Trinajstić information content (AvgIpc) is 2.68. The van der Waals surface area contributed by atoms with Crippen LogP contribution in [0.2, 0.25) is 0 Å². The minimum atomic E-state index is -0.162. The average molecular weight is 436 g/mol. The molecule has 1 aliphatic rings. The number of carbonyl (C=O) groups is 1. The van der Waals surface area contributed by atoms with E-state index in [-0.39, 0.29) is 5.91 Å². The quantitative estimate of drug-likeness (QED) is 0.683. The van der Waals surface area contributed by atoms with Gasteiger partial charge >= 0.3 is 0 Å². The molecule has 0 aliphatic carbocycles. The molecular formula is C20H22BrNO3S. The molecule has 0 unspecified atom stereocenters. The Morgan fingerprint density at radius 3 is 2.85 bits per heavy atom. The number of hydrogen-bond donors (Lipinski definition) is 1. The van der Waals surface area contributed by atoms with Crippen LogP contribution in [0.15, 0.2) is 46.9 Å². The normalized spacial score (nSPS) is 14.8. The Bertz CT molecular complexity index is 762. The number of rotatable bonds is 6. The second-order valence-corrected chi connectivity index (χ2v) is 8.27. The Balaban J connectivity index is 1.63. The van der Waals surface area contributed by atoms with E-state index in [0.717, 1.165) is 42.0 Å². The number of carbonyl (C=O) groups excluding carboxylic acids is 1. The first-order valence-corrected chi connectivity index (χ1v) is 10.4. The van der Waals surface area contributed by atoms with Gasteiger partial charge in [0.25, 0.3) is 5.91 Å². The van der Waals surface area contributed by atoms with Gasteiger partial charge in [0, 0.05) is 34.4 Å². The number of methoxy groups -OCH3 is 1. The Labute approximate surface area is 166 Å². The molecule has 0 aromatic heterocycles. The van der Waals surface area contributed by atoms with Crippen molar-refractivity contribution in [2.24, 2.45) is 0 Å². The van der Waals surface area contributed by atoms with Crippen LogP contribution in [-0.4, -0.2) is 31.5 Å². The van der Waals surface area contributed by atoms with E-state index in [1.54, 1.807) is 13.2 Å². The molecule has 2 aromatic rings. The van der Waals surface area contributed by atoms with Crippen LogP contribution in [0.4, 0.5) is 5.69 Å². The molecule has 0 atom stereocenters. The van der Waals surface area contributed by atoms with Crippen LogP contribution in [0.25, 0.3) is 0 Å². The van der Waals surface area contributed by atoms with Gasteiger partial charge in [0.1, 0.15) is 5.75 Å². The molecule has 4 nitrogen and oxygen atoms in total. The summed E-state index contributed by atoms with van der Waals surface area (Å²) in [6, 6.07) is 13.4. The molecule has 1 aliphatic heterocycles. The number of nitrogens with one attached hydrogen (secondary N) is 1. The van der Waals surface area contributed by atoms with Crippen molar-refractivity contribution < 1.29 is 14.3 Å². The maximum atomic E-state index is 12.6. The van der Waals surface area contributed by atoms with Gasteiger partial charge in [-0.3, -0.25) is 4.79 Å². The second kappa shape index (κ2) is 9.44. The summed E-state index contributed by atoms with van der Waals surface area (Å²) in [5.74, 6) is 1.43. The van der Waals surface area contributed by atoms with Crippen LogP contribution in [0, 0.1) is 0 Å². The first-order valence-electron chi connectivity index (χ1n) is 8.59. The van der Waals surface area contributed by atoms with E-state index >= 15 is 0 Å². The van der Waals surface area contributed by atoms with Crippen molar-refractivity contribution in [2.45, 2.75) is 23.8 Å². The minimum absolute atomic E-state index is 0.162. The summed E-state index contributed by atoms with van der Waals surface area (Å²) in [6.45, 7) is 1.73. The van der Waals surface area contributed by atoms with E-state index in [1.165, 1.54) is 5.56 Å². The summed E-state index contributed by atoms with van der Waals surface area (Å²) in [5, 5.41) is 3.64. The summed E-state index contributed by atoms with van der Waals surface area (Å²) in [4.78, 5) is 12.6. The summed E-state index contributed by atoms with van der Waals surface area (Å²) < 4.78 is 11.4. The number of benzene rings is 2. The SMILES string of the molecule is COc1ccc(Br)c(C(=O)Nc2cccc(CSC3CCOCC3)c2)c1. The van der Waals surface area contributed by atoms with Gasteiger partial charge < -0.3 is 14.8 Å². The van der Waals surface area contributed by atoms with Gasteiger partial charge in [-0.15, -0.1) is 0 Å². The molecule has 1 amide bonds. The predicted molar refractivity (Wildman–Crippen MR) is 110 cm³/mol. The minimum Gasteiger partial charge on any atom is -0.497 e. The zero-order valence-electron chi connectivity index (χ0n) is 14.7. The van der Waals surface area contributed by atoms with Crippen molar-refractivity contribution in [3.05, 3.63) is 58.1 Å². The number of ether oxygens (including phenoxy) is 2. The Morgan fingerprint density at radius 2 is 2.08 bits per heavy atom. The van der Waals surface area contributed by atoms with E-state index in [2.05, 4.69) is 27.3 Å². The van der Waals surface area contributed by atoms with Crippen LogP contribution < -0.4 is 10.1 Å². The van der Waals surface area contributed by atoms with E-state index in [1.807, 2.05) is 42.1 Å². The first-order chi connectivity index (χ1) is 12.7. The monoisotopic (exact) mass is 435 g/mol. The van der Waals surface area contributed by atoms with Crippen LogP contribution in [0.1, 0.15) is 28.8 Å². The molecular weight excluding hydrogens is 414 g/mol. The number of anilines is 1. The maximum absolute atomic E-state index is 12.6. The number of hydrogen-bond acceptors (Lipinski definition) is 4. The third kappa shape index (κ3) is 5.25. The van der Waals surface area contributed by atoms with Crippen LogP contribution in [-0.2, 0) is 10.5 Å². The van der Waals surface area contributed by atoms with Gasteiger partial charge in [0.05, 0.1) is 12.7 Å². The van der Waals surface area contributed by atoms with Gasteiger partial charge in [0.15, 0.2) is 0 Å². The van der Waals surface area contributed by atoms with Crippen molar-refractivity contribution in [3.63, 3.8) is 0 Å². The maximum Gasteiger partial charge on any atom is 0.256 e. The third-order valence-corrected chi connectivity index (χ3v) is 6.39. The van der Waals surface area contributed by atoms with E-state index in [4.69, 9.17) is 9.47 Å². The molecule has 2 aromatic carbocycles. The Kier molecular flexibility index (Phi) is 7.00. The standard InChI is InChI=1S/C20H22BrNO3S/c1-24-16-5-6-19(21)18(12-16)20(23)22-15-4-2-3-14(11-15)13-26-17-7-9-25-10-8-17/h2-6,11-12,17H,7-10,13H2,1H3,(H,22,23). The molecule has 6 heteroatoms. The van der Waals surface area contributed by atoms with Gasteiger partial charge in [-0.25, -0.2) is 0 Å². The van der Waals surface area contributed by atoms with Gasteiger partial charge in [-0.2, -0.15) is 11.8 Å². The van der Waals surface area contributed by atoms with Crippen LogP contribution >= 0.6 is 27.7 Å². The fourth-order valence-corrected chi connectivity index (χ4v) is 4.36. The third-order valence-electron chi connectivity index (χ3n) is 4.26.